The van der Waals surface area contributed by atoms with E-state index in [9.17, 15) is 13.2 Å². The van der Waals surface area contributed by atoms with Gasteiger partial charge in [-0.2, -0.15) is 0 Å². The highest BCUT2D eigenvalue weighted by Crippen LogP contribution is 2.22. The molecule has 0 bridgehead atoms. The summed E-state index contributed by atoms with van der Waals surface area (Å²) in [4.78, 5) is 12.0. The van der Waals surface area contributed by atoms with Gasteiger partial charge in [0, 0.05) is 26.1 Å². The van der Waals surface area contributed by atoms with Gasteiger partial charge < -0.3 is 10.1 Å². The van der Waals surface area contributed by atoms with E-state index in [1.807, 2.05) is 25.1 Å². The number of hydrogen-bond donors (Lipinski definition) is 1. The lowest BCUT2D eigenvalue weighted by molar-refractivity contribution is -0.121. The van der Waals surface area contributed by atoms with E-state index >= 15 is 0 Å². The fourth-order valence-electron chi connectivity index (χ4n) is 3.56. The minimum Gasteiger partial charge on any atom is -0.378 e. The molecule has 0 aromatic heterocycles. The zero-order valence-corrected chi connectivity index (χ0v) is 18.0. The third-order valence-electron chi connectivity index (χ3n) is 5.10. The fourth-order valence-corrected chi connectivity index (χ4v) is 4.58. The molecule has 0 radical (unpaired) electrons. The standard InChI is InChI=1S/C21H34N2O4S/c1-18-10-6-7-13-20(18)23(28(2,25)26)16-8-14-21(24)22-15-9-17-27-19-11-4-3-5-12-19/h6-7,10,13,19H,3-5,8-9,11-12,14-17H2,1-2H3,(H,22,24). The lowest BCUT2D eigenvalue weighted by Crippen LogP contribution is -2.33. The molecule has 1 aliphatic carbocycles. The quantitative estimate of drug-likeness (QED) is 0.567. The Morgan fingerprint density at radius 2 is 1.89 bits per heavy atom. The number of amides is 1. The third-order valence-corrected chi connectivity index (χ3v) is 6.28. The lowest BCUT2D eigenvalue weighted by Gasteiger charge is -2.24. The minimum atomic E-state index is -3.39. The van der Waals surface area contributed by atoms with Crippen LogP contribution in [-0.2, 0) is 19.6 Å². The Morgan fingerprint density at radius 1 is 1.18 bits per heavy atom. The van der Waals surface area contributed by atoms with E-state index in [2.05, 4.69) is 5.32 Å². The van der Waals surface area contributed by atoms with Gasteiger partial charge in [-0.25, -0.2) is 8.42 Å². The topological polar surface area (TPSA) is 75.7 Å². The van der Waals surface area contributed by atoms with Crippen LogP contribution in [0, 0.1) is 6.92 Å². The molecule has 7 heteroatoms. The van der Waals surface area contributed by atoms with Crippen molar-refractivity contribution in [2.24, 2.45) is 0 Å². The summed E-state index contributed by atoms with van der Waals surface area (Å²) in [5.41, 5.74) is 1.57. The number of para-hydroxylation sites is 1. The Balaban J connectivity index is 1.66. The first-order valence-corrected chi connectivity index (χ1v) is 12.1. The molecule has 1 amide bonds. The van der Waals surface area contributed by atoms with Crippen molar-refractivity contribution >= 4 is 21.6 Å². The molecule has 2 rings (SSSR count). The van der Waals surface area contributed by atoms with Gasteiger partial charge in [-0.05, 0) is 44.2 Å². The maximum atomic E-state index is 12.1. The van der Waals surface area contributed by atoms with Gasteiger partial charge in [0.25, 0.3) is 0 Å². The van der Waals surface area contributed by atoms with Crippen molar-refractivity contribution in [1.29, 1.82) is 0 Å². The molecule has 0 atom stereocenters. The second-order valence-corrected chi connectivity index (χ2v) is 9.47. The molecule has 1 aliphatic rings. The number of aryl methyl sites for hydroxylation is 1. The maximum Gasteiger partial charge on any atom is 0.232 e. The molecule has 0 heterocycles. The predicted octanol–water partition coefficient (Wildman–Crippen LogP) is 3.40. The molecule has 1 aromatic carbocycles. The third kappa shape index (κ3) is 7.80. The molecule has 0 unspecified atom stereocenters. The number of ether oxygens (including phenoxy) is 1. The van der Waals surface area contributed by atoms with Crippen LogP contribution in [0.2, 0.25) is 0 Å². The van der Waals surface area contributed by atoms with E-state index in [4.69, 9.17) is 4.74 Å². The van der Waals surface area contributed by atoms with E-state index in [0.29, 0.717) is 44.3 Å². The van der Waals surface area contributed by atoms with Gasteiger partial charge in [0.2, 0.25) is 15.9 Å². The molecular weight excluding hydrogens is 376 g/mol. The molecule has 0 aliphatic heterocycles. The van der Waals surface area contributed by atoms with Crippen molar-refractivity contribution in [2.45, 2.75) is 64.4 Å². The highest BCUT2D eigenvalue weighted by atomic mass is 32.2. The van der Waals surface area contributed by atoms with Crippen molar-refractivity contribution in [3.05, 3.63) is 29.8 Å². The summed E-state index contributed by atoms with van der Waals surface area (Å²) in [6, 6.07) is 7.38. The van der Waals surface area contributed by atoms with Crippen molar-refractivity contribution in [2.75, 3.05) is 30.3 Å². The molecule has 0 spiro atoms. The van der Waals surface area contributed by atoms with E-state index in [0.717, 1.165) is 24.8 Å². The number of benzene rings is 1. The Labute approximate surface area is 169 Å². The normalized spacial score (nSPS) is 15.4. The molecular formula is C21H34N2O4S. The molecule has 28 heavy (non-hydrogen) atoms. The predicted molar refractivity (Wildman–Crippen MR) is 113 cm³/mol. The van der Waals surface area contributed by atoms with Crippen molar-refractivity contribution in [3.8, 4) is 0 Å². The van der Waals surface area contributed by atoms with Crippen molar-refractivity contribution in [3.63, 3.8) is 0 Å². The average Bonchev–Trinajstić information content (AvgIpc) is 2.66. The van der Waals surface area contributed by atoms with Gasteiger partial charge in [-0.15, -0.1) is 0 Å². The average molecular weight is 411 g/mol. The van der Waals surface area contributed by atoms with Gasteiger partial charge in [-0.3, -0.25) is 9.10 Å². The Morgan fingerprint density at radius 3 is 2.57 bits per heavy atom. The van der Waals surface area contributed by atoms with Crippen LogP contribution in [0.5, 0.6) is 0 Å². The minimum absolute atomic E-state index is 0.0455. The Kier molecular flexibility index (Phi) is 9.25. The summed E-state index contributed by atoms with van der Waals surface area (Å²) in [7, 11) is -3.39. The second kappa shape index (κ2) is 11.4. The smallest absolute Gasteiger partial charge is 0.232 e. The van der Waals surface area contributed by atoms with Crippen LogP contribution in [0.3, 0.4) is 0 Å². The van der Waals surface area contributed by atoms with Crippen LogP contribution in [0.4, 0.5) is 5.69 Å². The number of hydrogen-bond acceptors (Lipinski definition) is 4. The zero-order chi connectivity index (χ0) is 20.4. The summed E-state index contributed by atoms with van der Waals surface area (Å²) in [5.74, 6) is -0.0455. The first-order valence-electron chi connectivity index (χ1n) is 10.3. The highest BCUT2D eigenvalue weighted by molar-refractivity contribution is 7.92. The Hall–Kier alpha value is -1.60. The fraction of sp³-hybridized carbons (Fsp3) is 0.667. The number of rotatable bonds is 11. The summed E-state index contributed by atoms with van der Waals surface area (Å²) < 4.78 is 31.5. The number of nitrogens with one attached hydrogen (secondary N) is 1. The number of anilines is 1. The van der Waals surface area contributed by atoms with E-state index in [1.165, 1.54) is 29.8 Å². The molecule has 1 aromatic rings. The second-order valence-electron chi connectivity index (χ2n) is 7.56. The van der Waals surface area contributed by atoms with Gasteiger partial charge in [-0.1, -0.05) is 37.5 Å². The first-order chi connectivity index (χ1) is 13.4. The van der Waals surface area contributed by atoms with Gasteiger partial charge in [0.05, 0.1) is 18.0 Å². The number of nitrogens with zero attached hydrogens (tertiary/aromatic N) is 1. The number of carbonyl (C=O) groups is 1. The molecule has 1 saturated carbocycles. The van der Waals surface area contributed by atoms with Crippen LogP contribution in [0.1, 0.15) is 56.9 Å². The lowest BCUT2D eigenvalue weighted by atomic mass is 9.98. The van der Waals surface area contributed by atoms with Crippen LogP contribution in [-0.4, -0.2) is 46.4 Å². The maximum absolute atomic E-state index is 12.1. The van der Waals surface area contributed by atoms with Crippen LogP contribution < -0.4 is 9.62 Å². The Bertz CT molecular complexity index is 715. The van der Waals surface area contributed by atoms with Gasteiger partial charge in [0.15, 0.2) is 0 Å². The largest absolute Gasteiger partial charge is 0.378 e. The van der Waals surface area contributed by atoms with Gasteiger partial charge >= 0.3 is 0 Å². The highest BCUT2D eigenvalue weighted by Gasteiger charge is 2.19. The van der Waals surface area contributed by atoms with Crippen LogP contribution in [0.15, 0.2) is 24.3 Å². The number of carbonyl (C=O) groups excluding carboxylic acids is 1. The summed E-state index contributed by atoms with van der Waals surface area (Å²) in [6.45, 7) is 3.46. The van der Waals surface area contributed by atoms with Crippen molar-refractivity contribution in [1.82, 2.24) is 5.32 Å². The molecule has 0 saturated heterocycles. The number of sulfonamides is 1. The monoisotopic (exact) mass is 410 g/mol. The molecule has 158 valence electrons. The van der Waals surface area contributed by atoms with Crippen LogP contribution >= 0.6 is 0 Å². The van der Waals surface area contributed by atoms with E-state index in [-0.39, 0.29) is 5.91 Å². The molecule has 1 N–H and O–H groups in total. The summed E-state index contributed by atoms with van der Waals surface area (Å²) >= 11 is 0. The van der Waals surface area contributed by atoms with E-state index < -0.39 is 10.0 Å². The first kappa shape index (κ1) is 22.7. The summed E-state index contributed by atoms with van der Waals surface area (Å²) in [5, 5.41) is 2.90. The zero-order valence-electron chi connectivity index (χ0n) is 17.2. The SMILES string of the molecule is Cc1ccccc1N(CCCC(=O)NCCCOC1CCCCC1)S(C)(=O)=O. The van der Waals surface area contributed by atoms with E-state index in [1.54, 1.807) is 6.07 Å². The van der Waals surface area contributed by atoms with Crippen molar-refractivity contribution < 1.29 is 17.9 Å². The van der Waals surface area contributed by atoms with Crippen LogP contribution in [0.25, 0.3) is 0 Å². The molecule has 6 nitrogen and oxygen atoms in total. The summed E-state index contributed by atoms with van der Waals surface area (Å²) in [6.07, 6.45) is 9.33. The molecule has 1 fully saturated rings. The van der Waals surface area contributed by atoms with Gasteiger partial charge in [0.1, 0.15) is 0 Å².